The molecule has 0 aromatic heterocycles. The number of ether oxygens (including phenoxy) is 1. The minimum absolute atomic E-state index is 0.0801. The average molecular weight is 362 g/mol. The number of carbonyl (C=O) groups excluding carboxylic acids is 3. The van der Waals surface area contributed by atoms with E-state index in [9.17, 15) is 14.4 Å². The maximum atomic E-state index is 13.1. The SMILES string of the molecule is CNC(=O)CC1C(=O)NCCN1C(=O)c1ccc(C)cc1OCCCN. The molecule has 2 rings (SSSR count). The Balaban J connectivity index is 2.27. The van der Waals surface area contributed by atoms with Crippen LogP contribution in [0.25, 0.3) is 0 Å². The van der Waals surface area contributed by atoms with Crippen molar-refractivity contribution < 1.29 is 19.1 Å². The Kier molecular flexibility index (Phi) is 6.97. The third kappa shape index (κ3) is 4.72. The lowest BCUT2D eigenvalue weighted by atomic mass is 10.0. The highest BCUT2D eigenvalue weighted by molar-refractivity contribution is 6.01. The number of hydrogen-bond donors (Lipinski definition) is 3. The van der Waals surface area contributed by atoms with Crippen molar-refractivity contribution in [2.24, 2.45) is 5.73 Å². The predicted octanol–water partition coefficient (Wildman–Crippen LogP) is -0.201. The van der Waals surface area contributed by atoms with Crippen molar-refractivity contribution in [1.82, 2.24) is 15.5 Å². The van der Waals surface area contributed by atoms with Crippen LogP contribution in [0.4, 0.5) is 0 Å². The molecule has 1 aliphatic heterocycles. The van der Waals surface area contributed by atoms with E-state index in [-0.39, 0.29) is 24.1 Å². The van der Waals surface area contributed by atoms with Crippen LogP contribution < -0.4 is 21.1 Å². The van der Waals surface area contributed by atoms with Gasteiger partial charge in [-0.2, -0.15) is 0 Å². The number of hydrogen-bond acceptors (Lipinski definition) is 5. The van der Waals surface area contributed by atoms with Gasteiger partial charge in [-0.3, -0.25) is 14.4 Å². The standard InChI is InChI=1S/C18H26N4O4/c1-12-4-5-13(15(10-12)26-9-3-6-19)18(25)22-8-7-21-17(24)14(22)11-16(23)20-2/h4-5,10,14H,3,6-9,11,19H2,1-2H3,(H,20,23)(H,21,24). The highest BCUT2D eigenvalue weighted by atomic mass is 16.5. The fourth-order valence-corrected chi connectivity index (χ4v) is 2.78. The molecular formula is C18H26N4O4. The number of amides is 3. The van der Waals surface area contributed by atoms with Gasteiger partial charge >= 0.3 is 0 Å². The van der Waals surface area contributed by atoms with Gasteiger partial charge in [0, 0.05) is 20.1 Å². The summed E-state index contributed by atoms with van der Waals surface area (Å²) in [6.07, 6.45) is 0.594. The first-order valence-electron chi connectivity index (χ1n) is 8.70. The third-order valence-electron chi connectivity index (χ3n) is 4.22. The van der Waals surface area contributed by atoms with E-state index in [4.69, 9.17) is 10.5 Å². The van der Waals surface area contributed by atoms with E-state index in [0.717, 1.165) is 5.56 Å². The molecular weight excluding hydrogens is 336 g/mol. The molecule has 4 N–H and O–H groups in total. The molecule has 0 radical (unpaired) electrons. The lowest BCUT2D eigenvalue weighted by Crippen LogP contribution is -2.58. The second-order valence-corrected chi connectivity index (χ2v) is 6.17. The Labute approximate surface area is 153 Å². The second kappa shape index (κ2) is 9.19. The Morgan fingerprint density at radius 3 is 2.88 bits per heavy atom. The summed E-state index contributed by atoms with van der Waals surface area (Å²) in [5.74, 6) is -0.483. The number of piperazine rings is 1. The molecule has 3 amide bonds. The quantitative estimate of drug-likeness (QED) is 0.581. The van der Waals surface area contributed by atoms with E-state index in [1.54, 1.807) is 12.1 Å². The third-order valence-corrected chi connectivity index (χ3v) is 4.22. The van der Waals surface area contributed by atoms with Crippen LogP contribution in [-0.2, 0) is 9.59 Å². The minimum Gasteiger partial charge on any atom is -0.493 e. The summed E-state index contributed by atoms with van der Waals surface area (Å²) in [5.41, 5.74) is 6.83. The fraction of sp³-hybridized carbons (Fsp3) is 0.500. The van der Waals surface area contributed by atoms with E-state index in [0.29, 0.717) is 44.0 Å². The highest BCUT2D eigenvalue weighted by Gasteiger charge is 2.35. The van der Waals surface area contributed by atoms with Crippen LogP contribution >= 0.6 is 0 Å². The first kappa shape index (κ1) is 19.7. The number of nitrogens with two attached hydrogens (primary N) is 1. The molecule has 1 saturated heterocycles. The Morgan fingerprint density at radius 1 is 1.42 bits per heavy atom. The Morgan fingerprint density at radius 2 is 2.19 bits per heavy atom. The largest absolute Gasteiger partial charge is 0.493 e. The lowest BCUT2D eigenvalue weighted by molar-refractivity contribution is -0.132. The Bertz CT molecular complexity index is 677. The molecule has 0 spiro atoms. The van der Waals surface area contributed by atoms with Gasteiger partial charge in [0.25, 0.3) is 5.91 Å². The van der Waals surface area contributed by atoms with Crippen molar-refractivity contribution in [3.63, 3.8) is 0 Å². The van der Waals surface area contributed by atoms with E-state index >= 15 is 0 Å². The molecule has 1 fully saturated rings. The van der Waals surface area contributed by atoms with Gasteiger partial charge in [-0.1, -0.05) is 6.07 Å². The van der Waals surface area contributed by atoms with Crippen molar-refractivity contribution >= 4 is 17.7 Å². The van der Waals surface area contributed by atoms with Crippen LogP contribution in [-0.4, -0.2) is 62.0 Å². The summed E-state index contributed by atoms with van der Waals surface area (Å²) in [6, 6.07) is 4.47. The van der Waals surface area contributed by atoms with Crippen molar-refractivity contribution in [3.8, 4) is 5.75 Å². The Hall–Kier alpha value is -2.61. The van der Waals surface area contributed by atoms with E-state index in [2.05, 4.69) is 10.6 Å². The maximum Gasteiger partial charge on any atom is 0.258 e. The van der Waals surface area contributed by atoms with E-state index in [1.807, 2.05) is 13.0 Å². The first-order valence-corrected chi connectivity index (χ1v) is 8.70. The van der Waals surface area contributed by atoms with Crippen molar-refractivity contribution in [2.45, 2.75) is 25.8 Å². The van der Waals surface area contributed by atoms with Crippen LogP contribution in [0.15, 0.2) is 18.2 Å². The van der Waals surface area contributed by atoms with Crippen molar-refractivity contribution in [2.75, 3.05) is 33.3 Å². The van der Waals surface area contributed by atoms with E-state index in [1.165, 1.54) is 11.9 Å². The number of nitrogens with zero attached hydrogens (tertiary/aromatic N) is 1. The zero-order valence-electron chi connectivity index (χ0n) is 15.2. The van der Waals surface area contributed by atoms with Crippen LogP contribution in [0.3, 0.4) is 0 Å². The first-order chi connectivity index (χ1) is 12.5. The summed E-state index contributed by atoms with van der Waals surface area (Å²) >= 11 is 0. The smallest absolute Gasteiger partial charge is 0.258 e. The van der Waals surface area contributed by atoms with Crippen LogP contribution in [0.2, 0.25) is 0 Å². The summed E-state index contributed by atoms with van der Waals surface area (Å²) in [7, 11) is 1.50. The molecule has 0 bridgehead atoms. The predicted molar refractivity (Wildman–Crippen MR) is 96.9 cm³/mol. The zero-order chi connectivity index (χ0) is 19.1. The average Bonchev–Trinajstić information content (AvgIpc) is 2.63. The number of benzene rings is 1. The molecule has 8 nitrogen and oxygen atoms in total. The molecule has 0 saturated carbocycles. The number of aryl methyl sites for hydroxylation is 1. The molecule has 8 heteroatoms. The zero-order valence-corrected chi connectivity index (χ0v) is 15.2. The van der Waals surface area contributed by atoms with Gasteiger partial charge in [-0.25, -0.2) is 0 Å². The van der Waals surface area contributed by atoms with Gasteiger partial charge in [0.1, 0.15) is 11.8 Å². The van der Waals surface area contributed by atoms with Crippen LogP contribution in [0, 0.1) is 6.92 Å². The fourth-order valence-electron chi connectivity index (χ4n) is 2.78. The normalized spacial score (nSPS) is 16.8. The van der Waals surface area contributed by atoms with Gasteiger partial charge in [0.2, 0.25) is 11.8 Å². The van der Waals surface area contributed by atoms with Crippen molar-refractivity contribution in [3.05, 3.63) is 29.3 Å². The molecule has 142 valence electrons. The molecule has 1 aromatic rings. The number of nitrogens with one attached hydrogen (secondary N) is 2. The van der Waals surface area contributed by atoms with Gasteiger partial charge in [-0.05, 0) is 37.6 Å². The summed E-state index contributed by atoms with van der Waals surface area (Å²) < 4.78 is 5.73. The van der Waals surface area contributed by atoms with Crippen molar-refractivity contribution in [1.29, 1.82) is 0 Å². The number of carbonyl (C=O) groups is 3. The topological polar surface area (TPSA) is 114 Å². The van der Waals surface area contributed by atoms with Crippen LogP contribution in [0.1, 0.15) is 28.8 Å². The van der Waals surface area contributed by atoms with Crippen LogP contribution in [0.5, 0.6) is 5.75 Å². The monoisotopic (exact) mass is 362 g/mol. The van der Waals surface area contributed by atoms with Gasteiger partial charge in [0.15, 0.2) is 0 Å². The van der Waals surface area contributed by atoms with Gasteiger partial charge in [0.05, 0.1) is 18.6 Å². The molecule has 26 heavy (non-hydrogen) atoms. The molecule has 0 aliphatic carbocycles. The molecule has 1 unspecified atom stereocenters. The summed E-state index contributed by atoms with van der Waals surface area (Å²) in [4.78, 5) is 38.5. The highest BCUT2D eigenvalue weighted by Crippen LogP contribution is 2.24. The van der Waals surface area contributed by atoms with E-state index < -0.39 is 6.04 Å². The molecule has 1 heterocycles. The molecule has 1 aliphatic rings. The van der Waals surface area contributed by atoms with Gasteiger partial charge < -0.3 is 26.0 Å². The minimum atomic E-state index is -0.839. The molecule has 1 aromatic carbocycles. The second-order valence-electron chi connectivity index (χ2n) is 6.17. The summed E-state index contributed by atoms with van der Waals surface area (Å²) in [6.45, 7) is 3.50. The summed E-state index contributed by atoms with van der Waals surface area (Å²) in [5, 5.41) is 5.20. The lowest BCUT2D eigenvalue weighted by Gasteiger charge is -2.35. The molecule has 1 atom stereocenters. The maximum absolute atomic E-state index is 13.1. The number of rotatable bonds is 7. The van der Waals surface area contributed by atoms with Gasteiger partial charge in [-0.15, -0.1) is 0 Å².